The van der Waals surface area contributed by atoms with Crippen LogP contribution >= 0.6 is 57.7 Å². The Morgan fingerprint density at radius 2 is 1.74 bits per heavy atom. The predicted molar refractivity (Wildman–Crippen MR) is 130 cm³/mol. The van der Waals surface area contributed by atoms with E-state index in [1.165, 1.54) is 11.3 Å². The van der Waals surface area contributed by atoms with Crippen molar-refractivity contribution in [3.63, 3.8) is 0 Å². The van der Waals surface area contributed by atoms with Crippen LogP contribution in [0.3, 0.4) is 0 Å². The fourth-order valence-corrected chi connectivity index (χ4v) is 4.88. The molecule has 1 aromatic heterocycles. The van der Waals surface area contributed by atoms with Crippen LogP contribution in [0, 0.1) is 0 Å². The molecule has 4 rings (SSSR count). The van der Waals surface area contributed by atoms with Gasteiger partial charge >= 0.3 is 0 Å². The lowest BCUT2D eigenvalue weighted by Gasteiger charge is -2.18. The molecule has 0 saturated heterocycles. The van der Waals surface area contributed by atoms with Gasteiger partial charge in [0.25, 0.3) is 5.91 Å². The van der Waals surface area contributed by atoms with Crippen molar-refractivity contribution >= 4 is 79.6 Å². The number of carbonyl (C=O) groups excluding carboxylic acids is 1. The molecule has 3 aromatic carbocycles. The van der Waals surface area contributed by atoms with E-state index in [2.05, 4.69) is 10.3 Å². The van der Waals surface area contributed by atoms with E-state index in [9.17, 15) is 4.79 Å². The smallest absolute Gasteiger partial charge is 0.265 e. The second kappa shape index (κ2) is 9.23. The summed E-state index contributed by atoms with van der Waals surface area (Å²) >= 11 is 26.2. The van der Waals surface area contributed by atoms with Crippen molar-refractivity contribution in [3.05, 3.63) is 74.7 Å². The maximum atomic E-state index is 12.9. The van der Waals surface area contributed by atoms with E-state index in [-0.39, 0.29) is 0 Å². The first-order valence-electron chi connectivity index (χ1n) is 9.09. The molecule has 158 valence electrons. The molecule has 4 aromatic rings. The Balaban J connectivity index is 1.63. The number of rotatable bonds is 5. The molecule has 1 amide bonds. The van der Waals surface area contributed by atoms with Gasteiger partial charge in [0.2, 0.25) is 0 Å². The van der Waals surface area contributed by atoms with Gasteiger partial charge in [-0.3, -0.25) is 4.79 Å². The highest BCUT2D eigenvalue weighted by atomic mass is 35.5. The Hall–Kier alpha value is -2.02. The van der Waals surface area contributed by atoms with E-state index in [1.54, 1.807) is 37.3 Å². The van der Waals surface area contributed by atoms with Gasteiger partial charge in [0.1, 0.15) is 10.8 Å². The molecule has 1 atom stereocenters. The van der Waals surface area contributed by atoms with E-state index in [4.69, 9.17) is 51.1 Å². The summed E-state index contributed by atoms with van der Waals surface area (Å²) in [6, 6.07) is 15.8. The average molecular weight is 512 g/mol. The van der Waals surface area contributed by atoms with E-state index in [0.717, 1.165) is 10.2 Å². The number of nitrogens with one attached hydrogen (secondary N) is 1. The van der Waals surface area contributed by atoms with Crippen molar-refractivity contribution in [2.75, 3.05) is 5.32 Å². The lowest BCUT2D eigenvalue weighted by molar-refractivity contribution is -0.122. The van der Waals surface area contributed by atoms with Gasteiger partial charge in [0, 0.05) is 15.6 Å². The largest absolute Gasteiger partial charge is 0.479 e. The average Bonchev–Trinajstić information content (AvgIpc) is 3.15. The lowest BCUT2D eigenvalue weighted by atomic mass is 10.1. The molecule has 0 spiro atoms. The van der Waals surface area contributed by atoms with Gasteiger partial charge in [-0.2, -0.15) is 0 Å². The van der Waals surface area contributed by atoms with Gasteiger partial charge in [0.05, 0.1) is 25.9 Å². The standard InChI is InChI=1S/C22H14Cl4N2O2S/c1-11(30-18-7-6-12(23)9-15(18)25)21(29)28-20-14(8-13(24)10-16(20)26)22-27-17-4-2-3-5-19(17)31-22/h2-11H,1H3,(H,28,29)/t11-/m1/s1. The number of benzene rings is 3. The number of amides is 1. The van der Waals surface area contributed by atoms with Crippen LogP contribution in [0.1, 0.15) is 6.92 Å². The molecule has 0 aliphatic carbocycles. The van der Waals surface area contributed by atoms with Crippen LogP contribution in [-0.2, 0) is 4.79 Å². The summed E-state index contributed by atoms with van der Waals surface area (Å²) in [5.41, 5.74) is 1.89. The second-order valence-corrected chi connectivity index (χ2v) is 9.34. The number of hydrogen-bond acceptors (Lipinski definition) is 4. The van der Waals surface area contributed by atoms with Crippen LogP contribution < -0.4 is 10.1 Å². The van der Waals surface area contributed by atoms with E-state index >= 15 is 0 Å². The summed E-state index contributed by atoms with van der Waals surface area (Å²) in [4.78, 5) is 17.5. The highest BCUT2D eigenvalue weighted by molar-refractivity contribution is 7.21. The molecule has 9 heteroatoms. The Morgan fingerprint density at radius 3 is 2.48 bits per heavy atom. The summed E-state index contributed by atoms with van der Waals surface area (Å²) < 4.78 is 6.72. The Labute approximate surface area is 202 Å². The van der Waals surface area contributed by atoms with E-state index < -0.39 is 12.0 Å². The maximum Gasteiger partial charge on any atom is 0.265 e. The first kappa shape index (κ1) is 22.2. The van der Waals surface area contributed by atoms with Crippen molar-refractivity contribution in [1.29, 1.82) is 0 Å². The van der Waals surface area contributed by atoms with Gasteiger partial charge in [-0.25, -0.2) is 4.98 Å². The normalized spacial score (nSPS) is 12.0. The molecule has 0 saturated carbocycles. The Bertz CT molecular complexity index is 1260. The zero-order chi connectivity index (χ0) is 22.1. The zero-order valence-electron chi connectivity index (χ0n) is 16.0. The zero-order valence-corrected chi connectivity index (χ0v) is 19.8. The third-order valence-corrected chi connectivity index (χ3v) is 6.51. The molecule has 0 aliphatic rings. The van der Waals surface area contributed by atoms with Crippen LogP contribution in [0.4, 0.5) is 5.69 Å². The molecule has 0 aliphatic heterocycles. The fraction of sp³-hybridized carbons (Fsp3) is 0.0909. The predicted octanol–water partition coefficient (Wildman–Crippen LogP) is 7.98. The Kier molecular flexibility index (Phi) is 6.60. The van der Waals surface area contributed by atoms with Crippen molar-refractivity contribution in [1.82, 2.24) is 4.98 Å². The minimum absolute atomic E-state index is 0.298. The lowest BCUT2D eigenvalue weighted by Crippen LogP contribution is -2.30. The SMILES string of the molecule is C[C@@H](Oc1ccc(Cl)cc1Cl)C(=O)Nc1c(Cl)cc(Cl)cc1-c1nc2ccccc2s1. The van der Waals surface area contributed by atoms with Gasteiger partial charge < -0.3 is 10.1 Å². The van der Waals surface area contributed by atoms with Gasteiger partial charge in [0.15, 0.2) is 6.10 Å². The van der Waals surface area contributed by atoms with Crippen molar-refractivity contribution in [3.8, 4) is 16.3 Å². The molecule has 0 unspecified atom stereocenters. The first-order chi connectivity index (χ1) is 14.8. The topological polar surface area (TPSA) is 51.2 Å². The number of carbonyl (C=O) groups is 1. The summed E-state index contributed by atoms with van der Waals surface area (Å²) in [6.45, 7) is 1.61. The van der Waals surface area contributed by atoms with Gasteiger partial charge in [-0.15, -0.1) is 11.3 Å². The minimum atomic E-state index is -0.853. The van der Waals surface area contributed by atoms with E-state index in [0.29, 0.717) is 42.1 Å². The Morgan fingerprint density at radius 1 is 1.00 bits per heavy atom. The third-order valence-electron chi connectivity index (χ3n) is 4.39. The van der Waals surface area contributed by atoms with Crippen LogP contribution in [0.2, 0.25) is 20.1 Å². The molecule has 1 heterocycles. The van der Waals surface area contributed by atoms with Crippen LogP contribution in [0.5, 0.6) is 5.75 Å². The number of hydrogen-bond donors (Lipinski definition) is 1. The summed E-state index contributed by atoms with van der Waals surface area (Å²) in [6.07, 6.45) is -0.853. The van der Waals surface area contributed by atoms with Crippen LogP contribution in [0.15, 0.2) is 54.6 Å². The number of anilines is 1. The fourth-order valence-electron chi connectivity index (χ4n) is 2.90. The van der Waals surface area contributed by atoms with Gasteiger partial charge in [-0.05, 0) is 49.4 Å². The summed E-state index contributed by atoms with van der Waals surface area (Å²) in [7, 11) is 0. The highest BCUT2D eigenvalue weighted by Gasteiger charge is 2.21. The number of ether oxygens (including phenoxy) is 1. The number of para-hydroxylation sites is 1. The van der Waals surface area contributed by atoms with Crippen LogP contribution in [0.25, 0.3) is 20.8 Å². The maximum absolute atomic E-state index is 12.9. The molecule has 0 fully saturated rings. The summed E-state index contributed by atoms with van der Waals surface area (Å²) in [5.74, 6) is -0.0556. The molecule has 0 radical (unpaired) electrons. The molecule has 31 heavy (non-hydrogen) atoms. The van der Waals surface area contributed by atoms with Crippen molar-refractivity contribution < 1.29 is 9.53 Å². The molecular formula is C22H14Cl4N2O2S. The number of halogens is 4. The number of nitrogens with zero attached hydrogens (tertiary/aromatic N) is 1. The van der Waals surface area contributed by atoms with Crippen molar-refractivity contribution in [2.45, 2.75) is 13.0 Å². The first-order valence-corrected chi connectivity index (χ1v) is 11.4. The molecule has 1 N–H and O–H groups in total. The number of thiazole rings is 1. The highest BCUT2D eigenvalue weighted by Crippen LogP contribution is 2.40. The molecule has 0 bridgehead atoms. The molecule has 4 nitrogen and oxygen atoms in total. The third kappa shape index (κ3) is 4.92. The van der Waals surface area contributed by atoms with Crippen LogP contribution in [-0.4, -0.2) is 17.0 Å². The summed E-state index contributed by atoms with van der Waals surface area (Å²) in [5, 5.41) is 5.06. The number of fused-ring (bicyclic) bond motifs is 1. The quantitative estimate of drug-likeness (QED) is 0.295. The van der Waals surface area contributed by atoms with Gasteiger partial charge in [-0.1, -0.05) is 58.5 Å². The minimum Gasteiger partial charge on any atom is -0.479 e. The van der Waals surface area contributed by atoms with Crippen molar-refractivity contribution in [2.24, 2.45) is 0 Å². The molecular weight excluding hydrogens is 498 g/mol. The second-order valence-electron chi connectivity index (χ2n) is 6.62. The van der Waals surface area contributed by atoms with E-state index in [1.807, 2.05) is 24.3 Å². The monoisotopic (exact) mass is 510 g/mol. The number of aromatic nitrogens is 1.